The summed E-state index contributed by atoms with van der Waals surface area (Å²) in [6.07, 6.45) is 1.64. The molecule has 0 atom stereocenters. The summed E-state index contributed by atoms with van der Waals surface area (Å²) >= 11 is 6.00. The zero-order valence-electron chi connectivity index (χ0n) is 13.7. The lowest BCUT2D eigenvalue weighted by Gasteiger charge is -2.13. The molecule has 4 aromatic rings. The smallest absolute Gasteiger partial charge is 0.279 e. The van der Waals surface area contributed by atoms with Gasteiger partial charge in [0, 0.05) is 16.0 Å². The Morgan fingerprint density at radius 1 is 0.923 bits per heavy atom. The molecule has 128 valence electrons. The Morgan fingerprint density at radius 2 is 1.73 bits per heavy atom. The molecule has 3 aromatic carbocycles. The van der Waals surface area contributed by atoms with Crippen LogP contribution in [0.25, 0.3) is 27.6 Å². The van der Waals surface area contributed by atoms with Gasteiger partial charge in [-0.2, -0.15) is 9.78 Å². The van der Waals surface area contributed by atoms with Gasteiger partial charge in [-0.25, -0.2) is 0 Å². The van der Waals surface area contributed by atoms with Crippen LogP contribution in [-0.4, -0.2) is 9.78 Å². The van der Waals surface area contributed by atoms with E-state index in [9.17, 15) is 4.79 Å². The fraction of sp³-hybridized carbons (Fsp3) is 0. The average molecular weight is 363 g/mol. The average Bonchev–Trinajstić information content (AvgIpc) is 2.64. The van der Waals surface area contributed by atoms with Crippen LogP contribution in [0.4, 0.5) is 11.4 Å². The Labute approximate surface area is 154 Å². The molecule has 5 nitrogen and oxygen atoms in total. The first-order chi connectivity index (χ1) is 12.5. The van der Waals surface area contributed by atoms with Crippen molar-refractivity contribution in [3.8, 4) is 16.8 Å². The maximum atomic E-state index is 13.0. The summed E-state index contributed by atoms with van der Waals surface area (Å²) in [7, 11) is 0. The molecule has 0 saturated carbocycles. The van der Waals surface area contributed by atoms with Crippen molar-refractivity contribution in [2.45, 2.75) is 0 Å². The Bertz CT molecular complexity index is 1200. The molecule has 0 aliphatic heterocycles. The number of hydrogen-bond acceptors (Lipinski definition) is 4. The Hall–Kier alpha value is -3.31. The van der Waals surface area contributed by atoms with Crippen molar-refractivity contribution < 1.29 is 0 Å². The van der Waals surface area contributed by atoms with Crippen LogP contribution in [0.3, 0.4) is 0 Å². The molecule has 0 aliphatic carbocycles. The number of hydrogen-bond donors (Lipinski definition) is 2. The van der Waals surface area contributed by atoms with Gasteiger partial charge in [-0.1, -0.05) is 35.9 Å². The fourth-order valence-corrected chi connectivity index (χ4v) is 3.12. The normalized spacial score (nSPS) is 11.0. The van der Waals surface area contributed by atoms with Crippen LogP contribution in [-0.2, 0) is 0 Å². The number of nitrogen functional groups attached to an aromatic ring is 2. The van der Waals surface area contributed by atoms with Gasteiger partial charge in [-0.15, -0.1) is 0 Å². The quantitative estimate of drug-likeness (QED) is 0.530. The predicted molar refractivity (Wildman–Crippen MR) is 107 cm³/mol. The summed E-state index contributed by atoms with van der Waals surface area (Å²) in [4.78, 5) is 13.0. The molecule has 0 amide bonds. The van der Waals surface area contributed by atoms with Crippen LogP contribution in [0, 0.1) is 0 Å². The lowest BCUT2D eigenvalue weighted by Crippen LogP contribution is -2.21. The zero-order chi connectivity index (χ0) is 18.3. The van der Waals surface area contributed by atoms with E-state index in [1.54, 1.807) is 36.5 Å². The van der Waals surface area contributed by atoms with E-state index in [-0.39, 0.29) is 5.56 Å². The second-order valence-corrected chi connectivity index (χ2v) is 6.39. The van der Waals surface area contributed by atoms with Crippen molar-refractivity contribution in [3.05, 3.63) is 82.2 Å². The van der Waals surface area contributed by atoms with Gasteiger partial charge in [-0.05, 0) is 42.0 Å². The standard InChI is InChI=1S/C20H15ClN4O/c21-14-6-7-16-13(9-14)11-24-25(20(16)26)19-4-2-1-3-15(19)12-5-8-17(22)18(23)10-12/h1-11H,22-23H2. The second-order valence-electron chi connectivity index (χ2n) is 5.95. The van der Waals surface area contributed by atoms with Crippen LogP contribution in [0.5, 0.6) is 0 Å². The van der Waals surface area contributed by atoms with E-state index in [4.69, 9.17) is 23.1 Å². The van der Waals surface area contributed by atoms with Crippen molar-refractivity contribution in [1.82, 2.24) is 9.78 Å². The largest absolute Gasteiger partial charge is 0.397 e. The molecule has 1 heterocycles. The third-order valence-electron chi connectivity index (χ3n) is 4.28. The highest BCUT2D eigenvalue weighted by Crippen LogP contribution is 2.29. The Morgan fingerprint density at radius 3 is 2.54 bits per heavy atom. The Kier molecular flexibility index (Phi) is 3.86. The molecular weight excluding hydrogens is 348 g/mol. The number of fused-ring (bicyclic) bond motifs is 1. The molecule has 0 bridgehead atoms. The lowest BCUT2D eigenvalue weighted by atomic mass is 10.0. The van der Waals surface area contributed by atoms with E-state index in [1.807, 2.05) is 30.3 Å². The Balaban J connectivity index is 1.96. The molecule has 4 N–H and O–H groups in total. The highest BCUT2D eigenvalue weighted by Gasteiger charge is 2.12. The van der Waals surface area contributed by atoms with Crippen LogP contribution >= 0.6 is 11.6 Å². The monoisotopic (exact) mass is 362 g/mol. The lowest BCUT2D eigenvalue weighted by molar-refractivity contribution is 0.823. The van der Waals surface area contributed by atoms with Gasteiger partial charge in [0.05, 0.1) is 28.6 Å². The summed E-state index contributed by atoms with van der Waals surface area (Å²) in [5.41, 5.74) is 14.9. The van der Waals surface area contributed by atoms with E-state index < -0.39 is 0 Å². The molecule has 4 rings (SSSR count). The first-order valence-corrected chi connectivity index (χ1v) is 8.35. The minimum atomic E-state index is -0.213. The molecule has 0 fully saturated rings. The summed E-state index contributed by atoms with van der Waals surface area (Å²) < 4.78 is 1.39. The topological polar surface area (TPSA) is 86.9 Å². The van der Waals surface area contributed by atoms with Gasteiger partial charge < -0.3 is 11.5 Å². The minimum Gasteiger partial charge on any atom is -0.397 e. The van der Waals surface area contributed by atoms with Gasteiger partial charge in [0.1, 0.15) is 0 Å². The van der Waals surface area contributed by atoms with Crippen molar-refractivity contribution in [2.75, 3.05) is 11.5 Å². The molecule has 0 spiro atoms. The van der Waals surface area contributed by atoms with Gasteiger partial charge in [0.15, 0.2) is 0 Å². The minimum absolute atomic E-state index is 0.213. The van der Waals surface area contributed by atoms with Crippen LogP contribution in [0.1, 0.15) is 0 Å². The molecule has 6 heteroatoms. The van der Waals surface area contributed by atoms with Crippen LogP contribution in [0.2, 0.25) is 5.02 Å². The highest BCUT2D eigenvalue weighted by atomic mass is 35.5. The molecule has 0 unspecified atom stereocenters. The zero-order valence-corrected chi connectivity index (χ0v) is 14.4. The summed E-state index contributed by atoms with van der Waals surface area (Å²) in [6.45, 7) is 0. The molecule has 26 heavy (non-hydrogen) atoms. The fourth-order valence-electron chi connectivity index (χ4n) is 2.94. The van der Waals surface area contributed by atoms with E-state index in [0.717, 1.165) is 11.1 Å². The second kappa shape index (κ2) is 6.20. The number of nitrogens with two attached hydrogens (primary N) is 2. The summed E-state index contributed by atoms with van der Waals surface area (Å²) in [5, 5.41) is 6.15. The first-order valence-electron chi connectivity index (χ1n) is 7.97. The number of nitrogens with zero attached hydrogens (tertiary/aromatic N) is 2. The van der Waals surface area contributed by atoms with Gasteiger partial charge >= 0.3 is 0 Å². The number of aromatic nitrogens is 2. The number of halogens is 1. The molecule has 1 aromatic heterocycles. The number of para-hydroxylation sites is 1. The van der Waals surface area contributed by atoms with Crippen molar-refractivity contribution in [1.29, 1.82) is 0 Å². The molecular formula is C20H15ClN4O. The van der Waals surface area contributed by atoms with Crippen molar-refractivity contribution in [2.24, 2.45) is 0 Å². The molecule has 0 saturated heterocycles. The van der Waals surface area contributed by atoms with Gasteiger partial charge in [0.25, 0.3) is 5.56 Å². The SMILES string of the molecule is Nc1ccc(-c2ccccc2-n2ncc3cc(Cl)ccc3c2=O)cc1N. The van der Waals surface area contributed by atoms with Gasteiger partial charge in [0.2, 0.25) is 0 Å². The maximum absolute atomic E-state index is 13.0. The summed E-state index contributed by atoms with van der Waals surface area (Å²) in [5.74, 6) is 0. The predicted octanol–water partition coefficient (Wildman–Crippen LogP) is 3.87. The number of rotatable bonds is 2. The van der Waals surface area contributed by atoms with Crippen molar-refractivity contribution >= 4 is 33.7 Å². The number of anilines is 2. The van der Waals surface area contributed by atoms with Gasteiger partial charge in [-0.3, -0.25) is 4.79 Å². The third kappa shape index (κ3) is 2.68. The molecule has 0 radical (unpaired) electrons. The molecule has 0 aliphatic rings. The third-order valence-corrected chi connectivity index (χ3v) is 4.51. The van der Waals surface area contributed by atoms with E-state index in [2.05, 4.69) is 5.10 Å². The van der Waals surface area contributed by atoms with Crippen LogP contribution in [0.15, 0.2) is 71.7 Å². The number of benzene rings is 3. The van der Waals surface area contributed by atoms with E-state index in [1.165, 1.54) is 4.68 Å². The van der Waals surface area contributed by atoms with E-state index >= 15 is 0 Å². The summed E-state index contributed by atoms with van der Waals surface area (Å²) in [6, 6.07) is 18.1. The van der Waals surface area contributed by atoms with Crippen molar-refractivity contribution in [3.63, 3.8) is 0 Å². The maximum Gasteiger partial charge on any atom is 0.279 e. The van der Waals surface area contributed by atoms with Crippen LogP contribution < -0.4 is 17.0 Å². The first kappa shape index (κ1) is 16.2. The highest BCUT2D eigenvalue weighted by molar-refractivity contribution is 6.31. The van der Waals surface area contributed by atoms with E-state index in [0.29, 0.717) is 32.9 Å².